The maximum atomic E-state index is 12.4. The van der Waals surface area contributed by atoms with Crippen LogP contribution in [0.2, 0.25) is 0 Å². The molecule has 0 spiro atoms. The van der Waals surface area contributed by atoms with Crippen LogP contribution in [0.15, 0.2) is 48.5 Å². The third-order valence-corrected chi connectivity index (χ3v) is 3.63. The van der Waals surface area contributed by atoms with Gasteiger partial charge in [-0.2, -0.15) is 0 Å². The van der Waals surface area contributed by atoms with E-state index < -0.39 is 0 Å². The SMILES string of the molecule is Cc1cc(NC(=O)c2ccc(C)c(N)c2)c2ccccc2n1. The summed E-state index contributed by atoms with van der Waals surface area (Å²) < 4.78 is 0. The summed E-state index contributed by atoms with van der Waals surface area (Å²) in [7, 11) is 0. The standard InChI is InChI=1S/C18H17N3O/c1-11-7-8-13(10-15(11)19)18(22)21-17-9-12(2)20-16-6-4-3-5-14(16)17/h3-10H,19H2,1-2H3,(H,20,21,22). The number of anilines is 2. The summed E-state index contributed by atoms with van der Waals surface area (Å²) in [5.41, 5.74) is 10.5. The topological polar surface area (TPSA) is 68.0 Å². The first kappa shape index (κ1) is 14.1. The largest absolute Gasteiger partial charge is 0.398 e. The van der Waals surface area contributed by atoms with Crippen LogP contribution in [0.5, 0.6) is 0 Å². The number of benzene rings is 2. The normalized spacial score (nSPS) is 10.6. The lowest BCUT2D eigenvalue weighted by molar-refractivity contribution is 0.102. The van der Waals surface area contributed by atoms with Crippen LogP contribution in [0.1, 0.15) is 21.6 Å². The van der Waals surface area contributed by atoms with E-state index in [0.717, 1.165) is 27.8 Å². The smallest absolute Gasteiger partial charge is 0.255 e. The molecule has 0 atom stereocenters. The lowest BCUT2D eigenvalue weighted by Crippen LogP contribution is -2.13. The Hall–Kier alpha value is -2.88. The highest BCUT2D eigenvalue weighted by Crippen LogP contribution is 2.24. The summed E-state index contributed by atoms with van der Waals surface area (Å²) in [6, 6.07) is 14.9. The highest BCUT2D eigenvalue weighted by Gasteiger charge is 2.10. The van der Waals surface area contributed by atoms with Crippen LogP contribution in [0.25, 0.3) is 10.9 Å². The van der Waals surface area contributed by atoms with Crippen LogP contribution in [0.4, 0.5) is 11.4 Å². The number of nitrogen functional groups attached to an aromatic ring is 1. The molecule has 0 saturated carbocycles. The molecule has 0 aliphatic carbocycles. The van der Waals surface area contributed by atoms with Crippen molar-refractivity contribution in [3.8, 4) is 0 Å². The number of nitrogens with one attached hydrogen (secondary N) is 1. The highest BCUT2D eigenvalue weighted by molar-refractivity contribution is 6.09. The van der Waals surface area contributed by atoms with E-state index >= 15 is 0 Å². The molecule has 3 aromatic rings. The number of carbonyl (C=O) groups excluding carboxylic acids is 1. The van der Waals surface area contributed by atoms with E-state index in [1.165, 1.54) is 0 Å². The van der Waals surface area contributed by atoms with Gasteiger partial charge in [0.15, 0.2) is 0 Å². The summed E-state index contributed by atoms with van der Waals surface area (Å²) in [5.74, 6) is -0.178. The molecule has 22 heavy (non-hydrogen) atoms. The number of hydrogen-bond donors (Lipinski definition) is 2. The van der Waals surface area contributed by atoms with Crippen LogP contribution in [0, 0.1) is 13.8 Å². The van der Waals surface area contributed by atoms with E-state index in [0.29, 0.717) is 11.3 Å². The Morgan fingerprint density at radius 2 is 1.86 bits per heavy atom. The lowest BCUT2D eigenvalue weighted by atomic mass is 10.1. The summed E-state index contributed by atoms with van der Waals surface area (Å²) in [6.07, 6.45) is 0. The van der Waals surface area contributed by atoms with Crippen molar-refractivity contribution in [3.05, 3.63) is 65.4 Å². The number of amides is 1. The van der Waals surface area contributed by atoms with Crippen molar-refractivity contribution in [3.63, 3.8) is 0 Å². The van der Waals surface area contributed by atoms with Gasteiger partial charge in [-0.3, -0.25) is 9.78 Å². The molecule has 0 aliphatic rings. The molecule has 3 N–H and O–H groups in total. The molecular weight excluding hydrogens is 274 g/mol. The number of rotatable bonds is 2. The molecule has 0 radical (unpaired) electrons. The molecule has 0 fully saturated rings. The Balaban J connectivity index is 1.99. The minimum Gasteiger partial charge on any atom is -0.398 e. The van der Waals surface area contributed by atoms with E-state index in [2.05, 4.69) is 10.3 Å². The third kappa shape index (κ3) is 2.63. The quantitative estimate of drug-likeness (QED) is 0.708. The van der Waals surface area contributed by atoms with Gasteiger partial charge in [0.1, 0.15) is 0 Å². The summed E-state index contributed by atoms with van der Waals surface area (Å²) in [4.78, 5) is 16.9. The predicted molar refractivity (Wildman–Crippen MR) is 90.0 cm³/mol. The number of pyridine rings is 1. The average molecular weight is 291 g/mol. The van der Waals surface area contributed by atoms with Crippen molar-refractivity contribution in [2.75, 3.05) is 11.1 Å². The fourth-order valence-corrected chi connectivity index (χ4v) is 2.39. The maximum Gasteiger partial charge on any atom is 0.255 e. The van der Waals surface area contributed by atoms with E-state index in [4.69, 9.17) is 5.73 Å². The van der Waals surface area contributed by atoms with Gasteiger partial charge >= 0.3 is 0 Å². The molecule has 110 valence electrons. The number of aryl methyl sites for hydroxylation is 2. The van der Waals surface area contributed by atoms with Gasteiger partial charge in [-0.05, 0) is 43.7 Å². The monoisotopic (exact) mass is 291 g/mol. The van der Waals surface area contributed by atoms with Crippen LogP contribution in [-0.4, -0.2) is 10.9 Å². The first-order valence-corrected chi connectivity index (χ1v) is 7.08. The second-order valence-electron chi connectivity index (χ2n) is 5.35. The number of hydrogen-bond acceptors (Lipinski definition) is 3. The minimum absolute atomic E-state index is 0.178. The zero-order chi connectivity index (χ0) is 15.7. The zero-order valence-corrected chi connectivity index (χ0v) is 12.6. The van der Waals surface area contributed by atoms with Crippen LogP contribution >= 0.6 is 0 Å². The van der Waals surface area contributed by atoms with Crippen molar-refractivity contribution in [1.29, 1.82) is 0 Å². The second-order valence-corrected chi connectivity index (χ2v) is 5.35. The van der Waals surface area contributed by atoms with Gasteiger partial charge in [0, 0.05) is 22.3 Å². The molecular formula is C18H17N3O. The van der Waals surface area contributed by atoms with Gasteiger partial charge in [0.25, 0.3) is 5.91 Å². The number of fused-ring (bicyclic) bond motifs is 1. The van der Waals surface area contributed by atoms with Gasteiger partial charge < -0.3 is 11.1 Å². The number of aromatic nitrogens is 1. The van der Waals surface area contributed by atoms with Crippen molar-refractivity contribution < 1.29 is 4.79 Å². The zero-order valence-electron chi connectivity index (χ0n) is 12.6. The molecule has 4 nitrogen and oxygen atoms in total. The predicted octanol–water partition coefficient (Wildman–Crippen LogP) is 3.69. The van der Waals surface area contributed by atoms with Crippen LogP contribution in [0.3, 0.4) is 0 Å². The van der Waals surface area contributed by atoms with Crippen LogP contribution < -0.4 is 11.1 Å². The molecule has 0 saturated heterocycles. The van der Waals surface area contributed by atoms with Gasteiger partial charge in [0.05, 0.1) is 11.2 Å². The fraction of sp³-hybridized carbons (Fsp3) is 0.111. The number of para-hydroxylation sites is 1. The fourth-order valence-electron chi connectivity index (χ4n) is 2.39. The summed E-state index contributed by atoms with van der Waals surface area (Å²) in [6.45, 7) is 3.82. The molecule has 4 heteroatoms. The molecule has 1 aromatic heterocycles. The van der Waals surface area contributed by atoms with E-state index in [1.54, 1.807) is 12.1 Å². The Morgan fingerprint density at radius 1 is 1.09 bits per heavy atom. The molecule has 3 rings (SSSR count). The van der Waals surface area contributed by atoms with Gasteiger partial charge in [-0.15, -0.1) is 0 Å². The Morgan fingerprint density at radius 3 is 2.64 bits per heavy atom. The van der Waals surface area contributed by atoms with E-state index in [1.807, 2.05) is 50.2 Å². The van der Waals surface area contributed by atoms with Gasteiger partial charge in [-0.25, -0.2) is 0 Å². The Labute approximate surface area is 129 Å². The van der Waals surface area contributed by atoms with Crippen molar-refractivity contribution in [1.82, 2.24) is 4.98 Å². The highest BCUT2D eigenvalue weighted by atomic mass is 16.1. The molecule has 1 heterocycles. The molecule has 0 unspecified atom stereocenters. The average Bonchev–Trinajstić information content (AvgIpc) is 2.49. The number of nitrogens with zero attached hydrogens (tertiary/aromatic N) is 1. The Kier molecular flexibility index (Phi) is 3.51. The van der Waals surface area contributed by atoms with Crippen LogP contribution in [-0.2, 0) is 0 Å². The number of nitrogens with two attached hydrogens (primary N) is 1. The minimum atomic E-state index is -0.178. The summed E-state index contributed by atoms with van der Waals surface area (Å²) >= 11 is 0. The first-order valence-electron chi connectivity index (χ1n) is 7.08. The molecule has 2 aromatic carbocycles. The second kappa shape index (κ2) is 5.48. The first-order chi connectivity index (χ1) is 10.5. The third-order valence-electron chi connectivity index (χ3n) is 3.63. The maximum absolute atomic E-state index is 12.4. The molecule has 0 aliphatic heterocycles. The van der Waals surface area contributed by atoms with E-state index in [9.17, 15) is 4.79 Å². The number of carbonyl (C=O) groups is 1. The van der Waals surface area contributed by atoms with Gasteiger partial charge in [-0.1, -0.05) is 24.3 Å². The van der Waals surface area contributed by atoms with Crippen molar-refractivity contribution >= 4 is 28.2 Å². The molecule has 1 amide bonds. The Bertz CT molecular complexity index is 871. The summed E-state index contributed by atoms with van der Waals surface area (Å²) in [5, 5.41) is 3.87. The van der Waals surface area contributed by atoms with Crippen molar-refractivity contribution in [2.45, 2.75) is 13.8 Å². The van der Waals surface area contributed by atoms with Crippen molar-refractivity contribution in [2.24, 2.45) is 0 Å². The lowest BCUT2D eigenvalue weighted by Gasteiger charge is -2.10. The van der Waals surface area contributed by atoms with Gasteiger partial charge in [0.2, 0.25) is 0 Å². The van der Waals surface area contributed by atoms with E-state index in [-0.39, 0.29) is 5.91 Å². The molecule has 0 bridgehead atoms.